The van der Waals surface area contributed by atoms with Crippen molar-refractivity contribution in [2.24, 2.45) is 5.92 Å². The predicted octanol–water partition coefficient (Wildman–Crippen LogP) is 2.00. The monoisotopic (exact) mass is 358 g/mol. The third-order valence-corrected chi connectivity index (χ3v) is 6.71. The van der Waals surface area contributed by atoms with E-state index < -0.39 is 5.60 Å². The molecule has 0 radical (unpaired) electrons. The zero-order chi connectivity index (χ0) is 18.1. The van der Waals surface area contributed by atoms with Crippen LogP contribution in [0, 0.1) is 5.92 Å². The molecule has 142 valence electrons. The Kier molecular flexibility index (Phi) is 5.04. The number of aliphatic hydroxyl groups is 1. The van der Waals surface area contributed by atoms with Crippen LogP contribution in [-0.2, 0) is 15.1 Å². The Balaban J connectivity index is 1.59. The second kappa shape index (κ2) is 7.29. The molecule has 5 heteroatoms. The van der Waals surface area contributed by atoms with Gasteiger partial charge in [-0.15, -0.1) is 0 Å². The molecule has 0 bridgehead atoms. The van der Waals surface area contributed by atoms with Crippen LogP contribution in [0.25, 0.3) is 0 Å². The molecule has 3 fully saturated rings. The van der Waals surface area contributed by atoms with E-state index in [1.54, 1.807) is 0 Å². The molecule has 1 N–H and O–H groups in total. The van der Waals surface area contributed by atoms with E-state index in [1.165, 1.54) is 0 Å². The molecule has 4 atom stereocenters. The molecule has 1 aliphatic carbocycles. The minimum atomic E-state index is -0.821. The predicted molar refractivity (Wildman–Crippen MR) is 99.7 cm³/mol. The summed E-state index contributed by atoms with van der Waals surface area (Å²) in [6.45, 7) is 2.59. The highest BCUT2D eigenvalue weighted by atomic mass is 16.5. The number of ether oxygens (including phenoxy) is 1. The van der Waals surface area contributed by atoms with Gasteiger partial charge in [-0.1, -0.05) is 43.2 Å². The number of fused-ring (bicyclic) bond motifs is 1. The number of carbonyl (C=O) groups excluding carboxylic acids is 1. The van der Waals surface area contributed by atoms with Crippen molar-refractivity contribution >= 4 is 5.91 Å². The van der Waals surface area contributed by atoms with E-state index in [0.29, 0.717) is 26.2 Å². The van der Waals surface area contributed by atoms with Crippen LogP contribution in [0.5, 0.6) is 0 Å². The van der Waals surface area contributed by atoms with Crippen molar-refractivity contribution < 1.29 is 14.6 Å². The number of amides is 1. The molecule has 1 unspecified atom stereocenters. The molecule has 2 aliphatic heterocycles. The molecule has 0 spiro atoms. The number of piperidine rings is 1. The van der Waals surface area contributed by atoms with Gasteiger partial charge in [0, 0.05) is 25.0 Å². The number of nitrogens with zero attached hydrogens (tertiary/aromatic N) is 2. The standard InChI is InChI=1S/C21H30N2O3/c1-22-13-14-26-15-19(22)20(24)23-12-11-21(25,16-7-3-2-4-8-16)17-9-5-6-10-18(17)23/h2-4,7-8,17-19,25H,5-6,9-15H2,1H3/t17-,18+,19?,21-/m0/s1. The molecule has 1 saturated carbocycles. The van der Waals surface area contributed by atoms with Crippen LogP contribution in [0.4, 0.5) is 0 Å². The summed E-state index contributed by atoms with van der Waals surface area (Å²) in [6, 6.07) is 9.99. The first-order valence-electron chi connectivity index (χ1n) is 9.97. The zero-order valence-corrected chi connectivity index (χ0v) is 15.6. The fourth-order valence-electron chi connectivity index (χ4n) is 5.18. The Morgan fingerprint density at radius 1 is 1.19 bits per heavy atom. The maximum Gasteiger partial charge on any atom is 0.242 e. The van der Waals surface area contributed by atoms with Gasteiger partial charge in [0.15, 0.2) is 0 Å². The first-order chi connectivity index (χ1) is 12.6. The third-order valence-electron chi connectivity index (χ3n) is 6.71. The van der Waals surface area contributed by atoms with Crippen molar-refractivity contribution in [1.82, 2.24) is 9.80 Å². The van der Waals surface area contributed by atoms with Crippen molar-refractivity contribution in [1.29, 1.82) is 0 Å². The highest BCUT2D eigenvalue weighted by molar-refractivity contribution is 5.82. The van der Waals surface area contributed by atoms with Crippen LogP contribution in [-0.4, -0.2) is 66.2 Å². The van der Waals surface area contributed by atoms with Crippen molar-refractivity contribution in [3.05, 3.63) is 35.9 Å². The zero-order valence-electron chi connectivity index (χ0n) is 15.6. The summed E-state index contributed by atoms with van der Waals surface area (Å²) in [6.07, 6.45) is 4.85. The minimum Gasteiger partial charge on any atom is -0.385 e. The van der Waals surface area contributed by atoms with Crippen LogP contribution >= 0.6 is 0 Å². The number of hydrogen-bond donors (Lipinski definition) is 1. The van der Waals surface area contributed by atoms with Crippen LogP contribution < -0.4 is 0 Å². The molecule has 1 aromatic rings. The number of rotatable bonds is 2. The van der Waals surface area contributed by atoms with Crippen LogP contribution in [0.15, 0.2) is 30.3 Å². The van der Waals surface area contributed by atoms with Gasteiger partial charge in [-0.3, -0.25) is 9.69 Å². The smallest absolute Gasteiger partial charge is 0.242 e. The number of likely N-dealkylation sites (tertiary alicyclic amines) is 1. The highest BCUT2D eigenvalue weighted by Gasteiger charge is 2.51. The van der Waals surface area contributed by atoms with Gasteiger partial charge in [-0.25, -0.2) is 0 Å². The number of morpholine rings is 1. The molecule has 0 aromatic heterocycles. The summed E-state index contributed by atoms with van der Waals surface area (Å²) < 4.78 is 5.57. The van der Waals surface area contributed by atoms with Gasteiger partial charge in [0.25, 0.3) is 0 Å². The van der Waals surface area contributed by atoms with E-state index in [4.69, 9.17) is 4.74 Å². The fraction of sp³-hybridized carbons (Fsp3) is 0.667. The van der Waals surface area contributed by atoms with E-state index in [0.717, 1.165) is 37.8 Å². The topological polar surface area (TPSA) is 53.0 Å². The second-order valence-electron chi connectivity index (χ2n) is 8.10. The minimum absolute atomic E-state index is 0.117. The first-order valence-corrected chi connectivity index (χ1v) is 9.97. The van der Waals surface area contributed by atoms with Crippen molar-refractivity contribution in [3.63, 3.8) is 0 Å². The second-order valence-corrected chi connectivity index (χ2v) is 8.10. The van der Waals surface area contributed by atoms with Crippen molar-refractivity contribution in [2.45, 2.75) is 49.8 Å². The Bertz CT molecular complexity index is 637. The van der Waals surface area contributed by atoms with Gasteiger partial charge in [-0.05, 0) is 31.9 Å². The Labute approximate surface area is 155 Å². The number of carbonyl (C=O) groups is 1. The van der Waals surface area contributed by atoms with Crippen molar-refractivity contribution in [2.75, 3.05) is 33.4 Å². The lowest BCUT2D eigenvalue weighted by molar-refractivity contribution is -0.163. The van der Waals surface area contributed by atoms with E-state index in [2.05, 4.69) is 9.80 Å². The Hall–Kier alpha value is -1.43. The van der Waals surface area contributed by atoms with E-state index in [1.807, 2.05) is 37.4 Å². The Morgan fingerprint density at radius 2 is 1.96 bits per heavy atom. The normalized spacial score (nSPS) is 35.8. The summed E-state index contributed by atoms with van der Waals surface area (Å²) in [4.78, 5) is 17.5. The lowest BCUT2D eigenvalue weighted by Crippen LogP contribution is -2.63. The van der Waals surface area contributed by atoms with Gasteiger partial charge in [-0.2, -0.15) is 0 Å². The van der Waals surface area contributed by atoms with E-state index in [-0.39, 0.29) is 23.9 Å². The molecule has 2 saturated heterocycles. The van der Waals surface area contributed by atoms with Gasteiger partial charge in [0.05, 0.1) is 18.8 Å². The van der Waals surface area contributed by atoms with Crippen molar-refractivity contribution in [3.8, 4) is 0 Å². The third kappa shape index (κ3) is 3.06. The maximum atomic E-state index is 13.3. The van der Waals surface area contributed by atoms with Crippen LogP contribution in [0.1, 0.15) is 37.7 Å². The SMILES string of the molecule is CN1CCOCC1C(=O)N1CC[C@](O)(c2ccccc2)[C@H]2CCCC[C@H]21. The molecule has 26 heavy (non-hydrogen) atoms. The summed E-state index contributed by atoms with van der Waals surface area (Å²) in [5.74, 6) is 0.297. The number of benzene rings is 1. The largest absolute Gasteiger partial charge is 0.385 e. The fourth-order valence-corrected chi connectivity index (χ4v) is 5.18. The van der Waals surface area contributed by atoms with Gasteiger partial charge >= 0.3 is 0 Å². The number of hydrogen-bond acceptors (Lipinski definition) is 4. The lowest BCUT2D eigenvalue weighted by Gasteiger charge is -2.53. The van der Waals surface area contributed by atoms with E-state index >= 15 is 0 Å². The quantitative estimate of drug-likeness (QED) is 0.879. The molecule has 1 amide bonds. The summed E-state index contributed by atoms with van der Waals surface area (Å²) >= 11 is 0. The molecular weight excluding hydrogens is 328 g/mol. The highest BCUT2D eigenvalue weighted by Crippen LogP contribution is 2.47. The molecule has 1 aromatic carbocycles. The first kappa shape index (κ1) is 18.0. The molecule has 5 nitrogen and oxygen atoms in total. The molecule has 2 heterocycles. The summed E-state index contributed by atoms with van der Waals surface area (Å²) in [5, 5.41) is 11.6. The maximum absolute atomic E-state index is 13.3. The van der Waals surface area contributed by atoms with Gasteiger partial charge in [0.2, 0.25) is 5.91 Å². The Morgan fingerprint density at radius 3 is 2.73 bits per heavy atom. The average Bonchev–Trinajstić information content (AvgIpc) is 2.69. The average molecular weight is 358 g/mol. The molecule has 4 rings (SSSR count). The molecular formula is C21H30N2O3. The lowest BCUT2D eigenvalue weighted by atomic mass is 9.66. The summed E-state index contributed by atoms with van der Waals surface area (Å²) in [5.41, 5.74) is 0.181. The number of likely N-dealkylation sites (N-methyl/N-ethyl adjacent to an activating group) is 1. The summed E-state index contributed by atoms with van der Waals surface area (Å²) in [7, 11) is 2.01. The van der Waals surface area contributed by atoms with Crippen LogP contribution in [0.3, 0.4) is 0 Å². The van der Waals surface area contributed by atoms with Gasteiger partial charge < -0.3 is 14.7 Å². The molecule has 3 aliphatic rings. The van der Waals surface area contributed by atoms with Gasteiger partial charge in [0.1, 0.15) is 6.04 Å². The van der Waals surface area contributed by atoms with E-state index in [9.17, 15) is 9.90 Å². The van der Waals surface area contributed by atoms with Crippen LogP contribution in [0.2, 0.25) is 0 Å².